The summed E-state index contributed by atoms with van der Waals surface area (Å²) >= 11 is 0. The number of hydrogen-bond donors (Lipinski definition) is 0. The second-order valence-corrected chi connectivity index (χ2v) is 6.85. The molecule has 2 fully saturated rings. The first-order valence-electron chi connectivity index (χ1n) is 6.73. The van der Waals surface area contributed by atoms with Gasteiger partial charge < -0.3 is 4.74 Å². The SMILES string of the molecule is CC1(C)CN(CC2CCCC2=O)CC(C)(C)O1. The highest BCUT2D eigenvalue weighted by molar-refractivity contribution is 5.83. The van der Waals surface area contributed by atoms with Crippen LogP contribution in [0.25, 0.3) is 0 Å². The Morgan fingerprint density at radius 3 is 2.29 bits per heavy atom. The fraction of sp³-hybridized carbons (Fsp3) is 0.929. The molecule has 1 saturated heterocycles. The van der Waals surface area contributed by atoms with Crippen LogP contribution in [0.15, 0.2) is 0 Å². The van der Waals surface area contributed by atoms with Gasteiger partial charge in [0.1, 0.15) is 5.78 Å². The van der Waals surface area contributed by atoms with Crippen LogP contribution in [0.5, 0.6) is 0 Å². The molecule has 3 nitrogen and oxygen atoms in total. The van der Waals surface area contributed by atoms with Crippen LogP contribution >= 0.6 is 0 Å². The van der Waals surface area contributed by atoms with Crippen molar-refractivity contribution in [3.63, 3.8) is 0 Å². The quantitative estimate of drug-likeness (QED) is 0.740. The summed E-state index contributed by atoms with van der Waals surface area (Å²) in [6.45, 7) is 11.3. The third kappa shape index (κ3) is 3.29. The number of ketones is 1. The third-order valence-electron chi connectivity index (χ3n) is 3.67. The van der Waals surface area contributed by atoms with Crippen LogP contribution in [0.3, 0.4) is 0 Å². The first kappa shape index (κ1) is 13.0. The van der Waals surface area contributed by atoms with Crippen molar-refractivity contribution >= 4 is 5.78 Å². The molecule has 1 unspecified atom stereocenters. The minimum atomic E-state index is -0.108. The lowest BCUT2D eigenvalue weighted by Gasteiger charge is -2.47. The van der Waals surface area contributed by atoms with Gasteiger partial charge in [0.05, 0.1) is 11.2 Å². The van der Waals surface area contributed by atoms with Gasteiger partial charge in [-0.2, -0.15) is 0 Å². The first-order valence-corrected chi connectivity index (χ1v) is 6.73. The molecule has 1 atom stereocenters. The smallest absolute Gasteiger partial charge is 0.137 e. The fourth-order valence-electron chi connectivity index (χ4n) is 3.47. The molecule has 0 amide bonds. The van der Waals surface area contributed by atoms with Crippen LogP contribution < -0.4 is 0 Å². The molecule has 3 heteroatoms. The third-order valence-corrected chi connectivity index (χ3v) is 3.67. The molecule has 0 radical (unpaired) electrons. The number of ether oxygens (including phenoxy) is 1. The Morgan fingerprint density at radius 2 is 1.82 bits per heavy atom. The standard InChI is InChI=1S/C14H25NO2/c1-13(2)9-15(10-14(3,4)17-13)8-11-6-5-7-12(11)16/h11H,5-10H2,1-4H3. The van der Waals surface area contributed by atoms with Crippen LogP contribution in [-0.2, 0) is 9.53 Å². The molecule has 2 aliphatic rings. The predicted octanol–water partition coefficient (Wildman–Crippen LogP) is 2.25. The molecule has 0 bridgehead atoms. The van der Waals surface area contributed by atoms with Crippen molar-refractivity contribution < 1.29 is 9.53 Å². The van der Waals surface area contributed by atoms with Gasteiger partial charge in [-0.15, -0.1) is 0 Å². The Morgan fingerprint density at radius 1 is 1.24 bits per heavy atom. The normalized spacial score (nSPS) is 32.9. The molecule has 1 aliphatic heterocycles. The Bertz CT molecular complexity index is 293. The summed E-state index contributed by atoms with van der Waals surface area (Å²) in [5, 5.41) is 0. The van der Waals surface area contributed by atoms with Gasteiger partial charge in [-0.3, -0.25) is 9.69 Å². The summed E-state index contributed by atoms with van der Waals surface area (Å²) in [4.78, 5) is 14.1. The number of morpholine rings is 1. The number of rotatable bonds is 2. The zero-order valence-electron chi connectivity index (χ0n) is 11.6. The number of carbonyl (C=O) groups excluding carboxylic acids is 1. The van der Waals surface area contributed by atoms with Gasteiger partial charge >= 0.3 is 0 Å². The second kappa shape index (κ2) is 4.36. The van der Waals surface area contributed by atoms with E-state index in [9.17, 15) is 4.79 Å². The lowest BCUT2D eigenvalue weighted by Crippen LogP contribution is -2.58. The van der Waals surface area contributed by atoms with Crippen molar-refractivity contribution in [2.75, 3.05) is 19.6 Å². The minimum absolute atomic E-state index is 0.108. The van der Waals surface area contributed by atoms with Gasteiger partial charge in [-0.1, -0.05) is 0 Å². The minimum Gasteiger partial charge on any atom is -0.367 e. The average Bonchev–Trinajstić information content (AvgIpc) is 2.45. The average molecular weight is 239 g/mol. The molecule has 98 valence electrons. The van der Waals surface area contributed by atoms with Crippen LogP contribution in [0, 0.1) is 5.92 Å². The molecule has 2 rings (SSSR count). The maximum absolute atomic E-state index is 11.7. The largest absolute Gasteiger partial charge is 0.367 e. The molecular formula is C14H25NO2. The topological polar surface area (TPSA) is 29.5 Å². The summed E-state index contributed by atoms with van der Waals surface area (Å²) in [5.74, 6) is 0.742. The van der Waals surface area contributed by atoms with E-state index in [1.165, 1.54) is 0 Å². The number of nitrogens with zero attached hydrogens (tertiary/aromatic N) is 1. The van der Waals surface area contributed by atoms with Crippen LogP contribution in [0.4, 0.5) is 0 Å². The molecule has 0 aromatic heterocycles. The van der Waals surface area contributed by atoms with E-state index >= 15 is 0 Å². The monoisotopic (exact) mass is 239 g/mol. The summed E-state index contributed by atoms with van der Waals surface area (Å²) in [6.07, 6.45) is 2.96. The van der Waals surface area contributed by atoms with Crippen molar-refractivity contribution in [3.05, 3.63) is 0 Å². The first-order chi connectivity index (χ1) is 7.77. The highest BCUT2D eigenvalue weighted by Crippen LogP contribution is 2.30. The van der Waals surface area contributed by atoms with E-state index in [1.54, 1.807) is 0 Å². The summed E-state index contributed by atoms with van der Waals surface area (Å²) in [5.41, 5.74) is -0.215. The molecule has 0 N–H and O–H groups in total. The van der Waals surface area contributed by atoms with E-state index in [0.29, 0.717) is 5.78 Å². The van der Waals surface area contributed by atoms with Gasteiger partial charge in [0.25, 0.3) is 0 Å². The van der Waals surface area contributed by atoms with Gasteiger partial charge in [-0.05, 0) is 40.5 Å². The molecule has 0 aromatic rings. The molecule has 1 aliphatic carbocycles. The Hall–Kier alpha value is -0.410. The van der Waals surface area contributed by atoms with Crippen molar-refractivity contribution in [2.24, 2.45) is 5.92 Å². The van der Waals surface area contributed by atoms with Crippen molar-refractivity contribution in [2.45, 2.75) is 58.2 Å². The number of Topliss-reactive ketones (excluding diaryl/α,β-unsaturated/α-hetero) is 1. The number of carbonyl (C=O) groups is 1. The van der Waals surface area contributed by atoms with E-state index in [4.69, 9.17) is 4.74 Å². The van der Waals surface area contributed by atoms with E-state index in [-0.39, 0.29) is 17.1 Å². The molecule has 1 heterocycles. The highest BCUT2D eigenvalue weighted by atomic mass is 16.5. The maximum atomic E-state index is 11.7. The van der Waals surface area contributed by atoms with Crippen LogP contribution in [0.1, 0.15) is 47.0 Å². The van der Waals surface area contributed by atoms with Crippen molar-refractivity contribution in [3.8, 4) is 0 Å². The number of hydrogen-bond acceptors (Lipinski definition) is 3. The molecule has 0 aromatic carbocycles. The maximum Gasteiger partial charge on any atom is 0.137 e. The zero-order valence-corrected chi connectivity index (χ0v) is 11.6. The van der Waals surface area contributed by atoms with Crippen molar-refractivity contribution in [1.29, 1.82) is 0 Å². The van der Waals surface area contributed by atoms with Crippen LogP contribution in [-0.4, -0.2) is 41.5 Å². The second-order valence-electron chi connectivity index (χ2n) is 6.85. The van der Waals surface area contributed by atoms with Gasteiger partial charge in [-0.25, -0.2) is 0 Å². The predicted molar refractivity (Wildman–Crippen MR) is 68.0 cm³/mol. The van der Waals surface area contributed by atoms with E-state index in [1.807, 2.05) is 0 Å². The van der Waals surface area contributed by atoms with Crippen molar-refractivity contribution in [1.82, 2.24) is 4.90 Å². The summed E-state index contributed by atoms with van der Waals surface area (Å²) in [7, 11) is 0. The Kier molecular flexibility index (Phi) is 3.34. The Balaban J connectivity index is 1.98. The molecule has 17 heavy (non-hydrogen) atoms. The lowest BCUT2D eigenvalue weighted by atomic mass is 9.97. The van der Waals surface area contributed by atoms with E-state index in [2.05, 4.69) is 32.6 Å². The van der Waals surface area contributed by atoms with E-state index < -0.39 is 0 Å². The van der Waals surface area contributed by atoms with Gasteiger partial charge in [0.15, 0.2) is 0 Å². The molecule has 1 saturated carbocycles. The van der Waals surface area contributed by atoms with Crippen LogP contribution in [0.2, 0.25) is 0 Å². The summed E-state index contributed by atoms with van der Waals surface area (Å²) in [6, 6.07) is 0. The van der Waals surface area contributed by atoms with E-state index in [0.717, 1.165) is 38.9 Å². The summed E-state index contributed by atoms with van der Waals surface area (Å²) < 4.78 is 6.06. The molecular weight excluding hydrogens is 214 g/mol. The highest BCUT2D eigenvalue weighted by Gasteiger charge is 2.39. The lowest BCUT2D eigenvalue weighted by molar-refractivity contribution is -0.182. The zero-order chi connectivity index (χ0) is 12.7. The van der Waals surface area contributed by atoms with Gasteiger partial charge in [0, 0.05) is 32.0 Å². The fourth-order valence-corrected chi connectivity index (χ4v) is 3.47. The Labute approximate surface area is 105 Å². The van der Waals surface area contributed by atoms with Gasteiger partial charge in [0.2, 0.25) is 0 Å². The molecule has 0 spiro atoms.